The lowest BCUT2D eigenvalue weighted by molar-refractivity contribution is 0.0856. The largest absolute Gasteiger partial charge is 0.465 e. The maximum absolute atomic E-state index is 10.3. The molecule has 1 amide bonds. The molecule has 0 unspecified atom stereocenters. The summed E-state index contributed by atoms with van der Waals surface area (Å²) in [5, 5.41) is 10.7. The Balaban J connectivity index is 3.63. The van der Waals surface area contributed by atoms with Crippen molar-refractivity contribution in [1.82, 2.24) is 5.32 Å². The molecular formula is C7H16N2O3. The highest BCUT2D eigenvalue weighted by Crippen LogP contribution is 2.01. The van der Waals surface area contributed by atoms with Gasteiger partial charge in [0.25, 0.3) is 0 Å². The van der Waals surface area contributed by atoms with Gasteiger partial charge in [0.2, 0.25) is 0 Å². The Hall–Kier alpha value is -0.810. The first-order valence-corrected chi connectivity index (χ1v) is 3.77. The second-order valence-electron chi connectivity index (χ2n) is 3.16. The second kappa shape index (κ2) is 4.95. The topological polar surface area (TPSA) is 84.6 Å². The highest BCUT2D eigenvalue weighted by Gasteiger charge is 2.19. The van der Waals surface area contributed by atoms with Crippen molar-refractivity contribution in [2.75, 3.05) is 19.8 Å². The van der Waals surface area contributed by atoms with Crippen molar-refractivity contribution in [1.29, 1.82) is 0 Å². The van der Waals surface area contributed by atoms with Crippen molar-refractivity contribution in [2.24, 2.45) is 5.73 Å². The highest BCUT2D eigenvalue weighted by molar-refractivity contribution is 5.65. The molecule has 0 spiro atoms. The van der Waals surface area contributed by atoms with Crippen LogP contribution in [0.4, 0.5) is 4.79 Å². The van der Waals surface area contributed by atoms with Gasteiger partial charge in [-0.15, -0.1) is 0 Å². The Morgan fingerprint density at radius 1 is 1.67 bits per heavy atom. The summed E-state index contributed by atoms with van der Waals surface area (Å²) < 4.78 is 5.10. The molecule has 0 aromatic rings. The van der Waals surface area contributed by atoms with Crippen LogP contribution in [0, 0.1) is 0 Å². The van der Waals surface area contributed by atoms with Crippen LogP contribution >= 0.6 is 0 Å². The molecule has 0 aliphatic heterocycles. The van der Waals surface area contributed by atoms with Gasteiger partial charge in [-0.3, -0.25) is 0 Å². The van der Waals surface area contributed by atoms with Crippen LogP contribution in [-0.2, 0) is 4.74 Å². The summed E-state index contributed by atoms with van der Waals surface area (Å²) >= 11 is 0. The smallest absolute Gasteiger partial charge is 0.405 e. The van der Waals surface area contributed by atoms with Crippen molar-refractivity contribution in [2.45, 2.75) is 19.4 Å². The van der Waals surface area contributed by atoms with E-state index in [1.165, 1.54) is 0 Å². The zero-order valence-electron chi connectivity index (χ0n) is 7.46. The van der Waals surface area contributed by atoms with E-state index < -0.39 is 11.6 Å². The van der Waals surface area contributed by atoms with E-state index in [0.717, 1.165) is 0 Å². The van der Waals surface area contributed by atoms with Crippen LogP contribution in [0.2, 0.25) is 0 Å². The Labute approximate surface area is 71.9 Å². The molecule has 0 radical (unpaired) electrons. The molecule has 0 aliphatic rings. The molecule has 0 atom stereocenters. The summed E-state index contributed by atoms with van der Waals surface area (Å²) in [7, 11) is 0. The van der Waals surface area contributed by atoms with E-state index in [1.54, 1.807) is 13.8 Å². The van der Waals surface area contributed by atoms with E-state index in [0.29, 0.717) is 19.8 Å². The zero-order valence-corrected chi connectivity index (χ0v) is 7.46. The molecule has 0 aliphatic carbocycles. The monoisotopic (exact) mass is 176 g/mol. The predicted octanol–water partition coefficient (Wildman–Crippen LogP) is 0.00790. The van der Waals surface area contributed by atoms with Gasteiger partial charge in [0.1, 0.15) is 0 Å². The Morgan fingerprint density at radius 2 is 2.25 bits per heavy atom. The van der Waals surface area contributed by atoms with Gasteiger partial charge >= 0.3 is 6.09 Å². The maximum Gasteiger partial charge on any atom is 0.405 e. The van der Waals surface area contributed by atoms with Gasteiger partial charge in [-0.1, -0.05) is 0 Å². The quantitative estimate of drug-likeness (QED) is 0.515. The minimum Gasteiger partial charge on any atom is -0.465 e. The van der Waals surface area contributed by atoms with Gasteiger partial charge in [-0.2, -0.15) is 0 Å². The minimum absolute atomic E-state index is 0.330. The molecule has 0 fully saturated rings. The van der Waals surface area contributed by atoms with Crippen LogP contribution in [0.1, 0.15) is 13.8 Å². The van der Waals surface area contributed by atoms with E-state index in [1.807, 2.05) is 0 Å². The minimum atomic E-state index is -1.05. The number of nitrogens with one attached hydrogen (secondary N) is 1. The van der Waals surface area contributed by atoms with Gasteiger partial charge in [0.15, 0.2) is 0 Å². The molecule has 0 saturated carbocycles. The van der Waals surface area contributed by atoms with Gasteiger partial charge in [0.05, 0.1) is 18.8 Å². The van der Waals surface area contributed by atoms with E-state index in [9.17, 15) is 4.79 Å². The van der Waals surface area contributed by atoms with Crippen LogP contribution in [0.3, 0.4) is 0 Å². The fraction of sp³-hybridized carbons (Fsp3) is 0.857. The lowest BCUT2D eigenvalue weighted by atomic mass is 10.1. The van der Waals surface area contributed by atoms with Gasteiger partial charge in [-0.05, 0) is 13.8 Å². The third-order valence-corrected chi connectivity index (χ3v) is 1.17. The lowest BCUT2D eigenvalue weighted by Gasteiger charge is -2.23. The molecule has 0 rings (SSSR count). The highest BCUT2D eigenvalue weighted by atomic mass is 16.5. The standard InChI is InChI=1S/C7H16N2O3/c1-7(2,9-6(10)11)5-12-4-3-8/h9H,3-5,8H2,1-2H3,(H,10,11). The number of hydrogen-bond acceptors (Lipinski definition) is 3. The first-order chi connectivity index (χ1) is 5.48. The normalized spacial score (nSPS) is 11.2. The van der Waals surface area contributed by atoms with Gasteiger partial charge in [0, 0.05) is 6.54 Å². The van der Waals surface area contributed by atoms with Crippen molar-refractivity contribution in [3.8, 4) is 0 Å². The average molecular weight is 176 g/mol. The van der Waals surface area contributed by atoms with Crippen molar-refractivity contribution in [3.05, 3.63) is 0 Å². The summed E-state index contributed by atoms with van der Waals surface area (Å²) in [6.45, 7) is 4.72. The number of carboxylic acid groups (broad SMARTS) is 1. The van der Waals surface area contributed by atoms with Gasteiger partial charge < -0.3 is 20.9 Å². The molecule has 4 N–H and O–H groups in total. The second-order valence-corrected chi connectivity index (χ2v) is 3.16. The van der Waals surface area contributed by atoms with Crippen LogP contribution in [0.15, 0.2) is 0 Å². The fourth-order valence-corrected chi connectivity index (χ4v) is 0.736. The SMILES string of the molecule is CC(C)(COCCN)NC(=O)O. The number of rotatable bonds is 5. The van der Waals surface area contributed by atoms with Crippen molar-refractivity contribution >= 4 is 6.09 Å². The number of nitrogens with two attached hydrogens (primary N) is 1. The molecule has 5 nitrogen and oxygen atoms in total. The predicted molar refractivity (Wildman–Crippen MR) is 45.1 cm³/mol. The number of carbonyl (C=O) groups is 1. The third-order valence-electron chi connectivity index (χ3n) is 1.17. The third kappa shape index (κ3) is 5.94. The molecule has 0 bridgehead atoms. The van der Waals surface area contributed by atoms with E-state index in [2.05, 4.69) is 5.32 Å². The van der Waals surface area contributed by atoms with E-state index >= 15 is 0 Å². The summed E-state index contributed by atoms with van der Waals surface area (Å²) in [5.74, 6) is 0. The molecule has 0 saturated heterocycles. The van der Waals surface area contributed by atoms with E-state index in [-0.39, 0.29) is 0 Å². The van der Waals surface area contributed by atoms with Crippen molar-refractivity contribution in [3.63, 3.8) is 0 Å². The molecule has 72 valence electrons. The van der Waals surface area contributed by atoms with Crippen LogP contribution in [0.25, 0.3) is 0 Å². The molecule has 12 heavy (non-hydrogen) atoms. The van der Waals surface area contributed by atoms with Crippen LogP contribution < -0.4 is 11.1 Å². The van der Waals surface area contributed by atoms with Crippen molar-refractivity contribution < 1.29 is 14.6 Å². The number of hydrogen-bond donors (Lipinski definition) is 3. The fourth-order valence-electron chi connectivity index (χ4n) is 0.736. The summed E-state index contributed by atoms with van der Waals surface area (Å²) in [5.41, 5.74) is 4.64. The van der Waals surface area contributed by atoms with Crippen LogP contribution in [0.5, 0.6) is 0 Å². The molecule has 0 aromatic heterocycles. The Morgan fingerprint density at radius 3 is 2.67 bits per heavy atom. The number of ether oxygens (including phenoxy) is 1. The molecule has 0 aromatic carbocycles. The van der Waals surface area contributed by atoms with Gasteiger partial charge in [-0.25, -0.2) is 4.79 Å². The molecule has 5 heteroatoms. The Bertz CT molecular complexity index is 148. The van der Waals surface area contributed by atoms with E-state index in [4.69, 9.17) is 15.6 Å². The first-order valence-electron chi connectivity index (χ1n) is 3.77. The maximum atomic E-state index is 10.3. The Kier molecular flexibility index (Phi) is 4.61. The zero-order chi connectivity index (χ0) is 9.61. The summed E-state index contributed by atoms with van der Waals surface area (Å²) in [4.78, 5) is 10.3. The summed E-state index contributed by atoms with van der Waals surface area (Å²) in [6, 6.07) is 0. The van der Waals surface area contributed by atoms with Crippen LogP contribution in [-0.4, -0.2) is 36.5 Å². The lowest BCUT2D eigenvalue weighted by Crippen LogP contribution is -2.46. The molecule has 0 heterocycles. The summed E-state index contributed by atoms with van der Waals surface area (Å²) in [6.07, 6.45) is -1.05. The average Bonchev–Trinajstić information content (AvgIpc) is 1.84. The molecular weight excluding hydrogens is 160 g/mol. The first kappa shape index (κ1) is 11.2. The number of amides is 1.